The molecule has 1 aromatic heterocycles. The van der Waals surface area contributed by atoms with Gasteiger partial charge >= 0.3 is 5.97 Å². The maximum Gasteiger partial charge on any atom is 0.331 e. The van der Waals surface area contributed by atoms with E-state index in [9.17, 15) is 4.79 Å². The van der Waals surface area contributed by atoms with E-state index in [1.54, 1.807) is 18.6 Å². The number of imidazole rings is 1. The van der Waals surface area contributed by atoms with Gasteiger partial charge in [0.25, 0.3) is 0 Å². The largest absolute Gasteiger partial charge is 0.457 e. The minimum absolute atomic E-state index is 0.337. The molecule has 104 valence electrons. The van der Waals surface area contributed by atoms with E-state index >= 15 is 0 Å². The normalized spacial score (nSPS) is 11.8. The highest BCUT2D eigenvalue weighted by Gasteiger charge is 2.13. The number of hydrogen-bond acceptors (Lipinski definition) is 3. The van der Waals surface area contributed by atoms with Gasteiger partial charge in [0.1, 0.15) is 5.60 Å². The molecule has 0 saturated carbocycles. The first-order valence-electron chi connectivity index (χ1n) is 6.43. The number of hydrogen-bond donors (Lipinski definition) is 0. The lowest BCUT2D eigenvalue weighted by atomic mass is 10.2. The van der Waals surface area contributed by atoms with Crippen molar-refractivity contribution in [1.29, 1.82) is 0 Å². The second kappa shape index (κ2) is 5.74. The van der Waals surface area contributed by atoms with Crippen LogP contribution in [0.25, 0.3) is 11.8 Å². The number of rotatable bonds is 3. The molecule has 2 rings (SSSR count). The predicted octanol–water partition coefficient (Wildman–Crippen LogP) is 3.23. The fourth-order valence-electron chi connectivity index (χ4n) is 1.67. The molecule has 0 saturated heterocycles. The van der Waals surface area contributed by atoms with E-state index in [2.05, 4.69) is 4.98 Å². The van der Waals surface area contributed by atoms with E-state index in [0.29, 0.717) is 0 Å². The number of benzene rings is 1. The lowest BCUT2D eigenvalue weighted by Gasteiger charge is -2.17. The molecule has 0 spiro atoms. The number of ether oxygens (including phenoxy) is 1. The molecule has 2 aromatic rings. The first-order valence-corrected chi connectivity index (χ1v) is 6.43. The molecule has 0 aliphatic rings. The van der Waals surface area contributed by atoms with E-state index in [4.69, 9.17) is 4.74 Å². The van der Waals surface area contributed by atoms with Gasteiger partial charge in [-0.2, -0.15) is 0 Å². The van der Waals surface area contributed by atoms with Gasteiger partial charge < -0.3 is 9.30 Å². The quantitative estimate of drug-likeness (QED) is 0.635. The van der Waals surface area contributed by atoms with Crippen LogP contribution in [0, 0.1) is 0 Å². The minimum atomic E-state index is -0.466. The standard InChI is InChI=1S/C16H18N2O2/c1-16(2,3)20-15(19)9-6-13-4-7-14(8-5-13)18-11-10-17-12-18/h4-12H,1-3H3/b9-6+. The molecule has 20 heavy (non-hydrogen) atoms. The number of aromatic nitrogens is 2. The summed E-state index contributed by atoms with van der Waals surface area (Å²) in [6.07, 6.45) is 8.54. The van der Waals surface area contributed by atoms with Crippen molar-refractivity contribution in [2.45, 2.75) is 26.4 Å². The van der Waals surface area contributed by atoms with E-state index in [0.717, 1.165) is 11.3 Å². The summed E-state index contributed by atoms with van der Waals surface area (Å²) in [6, 6.07) is 7.82. The Labute approximate surface area is 118 Å². The predicted molar refractivity (Wildman–Crippen MR) is 78.4 cm³/mol. The van der Waals surface area contributed by atoms with Crippen molar-refractivity contribution < 1.29 is 9.53 Å². The van der Waals surface area contributed by atoms with E-state index in [-0.39, 0.29) is 5.97 Å². The Kier molecular flexibility index (Phi) is 4.03. The Morgan fingerprint density at radius 2 is 1.95 bits per heavy atom. The summed E-state index contributed by atoms with van der Waals surface area (Å²) in [4.78, 5) is 15.6. The van der Waals surface area contributed by atoms with Crippen LogP contribution < -0.4 is 0 Å². The Morgan fingerprint density at radius 1 is 1.25 bits per heavy atom. The van der Waals surface area contributed by atoms with Gasteiger partial charge in [0.05, 0.1) is 6.33 Å². The highest BCUT2D eigenvalue weighted by molar-refractivity contribution is 5.87. The molecule has 1 aromatic carbocycles. The van der Waals surface area contributed by atoms with Crippen LogP contribution in [0.3, 0.4) is 0 Å². The number of nitrogens with zero attached hydrogens (tertiary/aromatic N) is 2. The average Bonchev–Trinajstić information content (AvgIpc) is 2.89. The summed E-state index contributed by atoms with van der Waals surface area (Å²) in [6.45, 7) is 5.54. The Hall–Kier alpha value is -2.36. The first-order chi connectivity index (χ1) is 9.44. The summed E-state index contributed by atoms with van der Waals surface area (Å²) >= 11 is 0. The van der Waals surface area contributed by atoms with Crippen molar-refractivity contribution in [2.24, 2.45) is 0 Å². The van der Waals surface area contributed by atoms with E-state index < -0.39 is 5.60 Å². The van der Waals surface area contributed by atoms with Crippen LogP contribution in [0.15, 0.2) is 49.1 Å². The van der Waals surface area contributed by atoms with Crippen molar-refractivity contribution in [3.63, 3.8) is 0 Å². The zero-order valence-electron chi connectivity index (χ0n) is 11.9. The monoisotopic (exact) mass is 270 g/mol. The first kappa shape index (κ1) is 14.1. The van der Waals surface area contributed by atoms with Crippen LogP contribution in [0.2, 0.25) is 0 Å². The van der Waals surface area contributed by atoms with E-state index in [1.165, 1.54) is 6.08 Å². The van der Waals surface area contributed by atoms with E-state index in [1.807, 2.05) is 55.8 Å². The highest BCUT2D eigenvalue weighted by atomic mass is 16.6. The third kappa shape index (κ3) is 4.09. The zero-order valence-corrected chi connectivity index (χ0v) is 11.9. The van der Waals surface area contributed by atoms with Crippen molar-refractivity contribution in [1.82, 2.24) is 9.55 Å². The summed E-state index contributed by atoms with van der Waals surface area (Å²) in [5.41, 5.74) is 1.50. The van der Waals surface area contributed by atoms with Crippen molar-refractivity contribution in [2.75, 3.05) is 0 Å². The van der Waals surface area contributed by atoms with Gasteiger partial charge in [-0.1, -0.05) is 12.1 Å². The molecule has 0 aliphatic heterocycles. The van der Waals surface area contributed by atoms with Gasteiger partial charge in [-0.25, -0.2) is 9.78 Å². The van der Waals surface area contributed by atoms with Crippen molar-refractivity contribution in [3.05, 3.63) is 54.6 Å². The molecular weight excluding hydrogens is 252 g/mol. The fraction of sp³-hybridized carbons (Fsp3) is 0.250. The third-order valence-corrected chi connectivity index (χ3v) is 2.51. The summed E-state index contributed by atoms with van der Waals surface area (Å²) in [7, 11) is 0. The van der Waals surface area contributed by atoms with Gasteiger partial charge in [0.2, 0.25) is 0 Å². The second-order valence-electron chi connectivity index (χ2n) is 5.43. The molecule has 0 aliphatic carbocycles. The molecule has 4 nitrogen and oxygen atoms in total. The average molecular weight is 270 g/mol. The molecule has 0 N–H and O–H groups in total. The lowest BCUT2D eigenvalue weighted by molar-refractivity contribution is -0.148. The van der Waals surface area contributed by atoms with Gasteiger partial charge in [-0.05, 0) is 44.5 Å². The summed E-state index contributed by atoms with van der Waals surface area (Å²) < 4.78 is 7.12. The molecule has 0 unspecified atom stereocenters. The van der Waals surface area contributed by atoms with Crippen LogP contribution in [0.1, 0.15) is 26.3 Å². The van der Waals surface area contributed by atoms with Crippen LogP contribution in [0.4, 0.5) is 0 Å². The Balaban J connectivity index is 2.02. The summed E-state index contributed by atoms with van der Waals surface area (Å²) in [5, 5.41) is 0. The highest BCUT2D eigenvalue weighted by Crippen LogP contribution is 2.11. The van der Waals surface area contributed by atoms with Gasteiger partial charge in [0, 0.05) is 24.2 Å². The molecule has 0 fully saturated rings. The molecule has 1 heterocycles. The fourth-order valence-corrected chi connectivity index (χ4v) is 1.67. The zero-order chi connectivity index (χ0) is 14.6. The lowest BCUT2D eigenvalue weighted by Crippen LogP contribution is -2.22. The number of carbonyl (C=O) groups excluding carboxylic acids is 1. The summed E-state index contributed by atoms with van der Waals surface area (Å²) in [5.74, 6) is -0.337. The van der Waals surface area contributed by atoms with Crippen LogP contribution in [-0.4, -0.2) is 21.1 Å². The molecule has 0 atom stereocenters. The molecular formula is C16H18N2O2. The van der Waals surface area contributed by atoms with Gasteiger partial charge in [-0.3, -0.25) is 0 Å². The topological polar surface area (TPSA) is 44.1 Å². The van der Waals surface area contributed by atoms with Gasteiger partial charge in [-0.15, -0.1) is 0 Å². The minimum Gasteiger partial charge on any atom is -0.457 e. The molecule has 0 amide bonds. The molecule has 0 bridgehead atoms. The third-order valence-electron chi connectivity index (χ3n) is 2.51. The SMILES string of the molecule is CC(C)(C)OC(=O)/C=C/c1ccc(-n2ccnc2)cc1. The Bertz CT molecular complexity index is 590. The maximum absolute atomic E-state index is 11.6. The molecule has 0 radical (unpaired) electrons. The number of esters is 1. The Morgan fingerprint density at radius 3 is 2.50 bits per heavy atom. The van der Waals surface area contributed by atoms with Crippen LogP contribution in [0.5, 0.6) is 0 Å². The second-order valence-corrected chi connectivity index (χ2v) is 5.43. The van der Waals surface area contributed by atoms with Gasteiger partial charge in [0.15, 0.2) is 0 Å². The van der Waals surface area contributed by atoms with Crippen LogP contribution in [-0.2, 0) is 9.53 Å². The van der Waals surface area contributed by atoms with Crippen LogP contribution >= 0.6 is 0 Å². The number of carbonyl (C=O) groups is 1. The maximum atomic E-state index is 11.6. The smallest absolute Gasteiger partial charge is 0.331 e. The molecule has 4 heteroatoms. The van der Waals surface area contributed by atoms with Crippen molar-refractivity contribution in [3.8, 4) is 5.69 Å². The van der Waals surface area contributed by atoms with Crippen molar-refractivity contribution >= 4 is 12.0 Å².